The summed E-state index contributed by atoms with van der Waals surface area (Å²) in [7, 11) is 0. The molecule has 19 heavy (non-hydrogen) atoms. The number of amides is 1. The zero-order chi connectivity index (χ0) is 14.3. The van der Waals surface area contributed by atoms with Crippen LogP contribution in [0.5, 0.6) is 0 Å². The maximum Gasteiger partial charge on any atom is 0.303 e. The molecule has 0 unspecified atom stereocenters. The Balaban J connectivity index is 2.56. The Bertz CT molecular complexity index is 422. The molecular formula is C15H21NO3. The number of rotatable bonds is 7. The van der Waals surface area contributed by atoms with Gasteiger partial charge in [0.05, 0.1) is 0 Å². The topological polar surface area (TPSA) is 66.4 Å². The van der Waals surface area contributed by atoms with Crippen LogP contribution in [0.1, 0.15) is 38.7 Å². The van der Waals surface area contributed by atoms with Crippen LogP contribution in [0.2, 0.25) is 0 Å². The Morgan fingerprint density at radius 2 is 1.74 bits per heavy atom. The molecule has 0 spiro atoms. The highest BCUT2D eigenvalue weighted by molar-refractivity contribution is 5.92. The van der Waals surface area contributed by atoms with E-state index in [2.05, 4.69) is 5.32 Å². The van der Waals surface area contributed by atoms with E-state index < -0.39 is 5.97 Å². The Labute approximate surface area is 113 Å². The summed E-state index contributed by atoms with van der Waals surface area (Å²) in [6.07, 6.45) is 2.30. The third-order valence-electron chi connectivity index (χ3n) is 3.21. The van der Waals surface area contributed by atoms with Crippen LogP contribution in [-0.2, 0) is 16.0 Å². The van der Waals surface area contributed by atoms with E-state index in [1.807, 2.05) is 38.1 Å². The van der Waals surface area contributed by atoms with E-state index >= 15 is 0 Å². The van der Waals surface area contributed by atoms with Gasteiger partial charge < -0.3 is 10.4 Å². The van der Waals surface area contributed by atoms with Crippen molar-refractivity contribution in [3.63, 3.8) is 0 Å². The van der Waals surface area contributed by atoms with Crippen molar-refractivity contribution >= 4 is 17.6 Å². The van der Waals surface area contributed by atoms with Crippen molar-refractivity contribution in [2.75, 3.05) is 5.32 Å². The Morgan fingerprint density at radius 3 is 2.21 bits per heavy atom. The average Bonchev–Trinajstić information content (AvgIpc) is 2.39. The quantitative estimate of drug-likeness (QED) is 0.794. The Morgan fingerprint density at radius 1 is 1.16 bits per heavy atom. The SMILES string of the molecule is CCC(CC)C(=O)Nc1ccc(CCC(=O)O)cc1. The van der Waals surface area contributed by atoms with Gasteiger partial charge in [0.2, 0.25) is 5.91 Å². The van der Waals surface area contributed by atoms with Crippen LogP contribution in [0.3, 0.4) is 0 Å². The van der Waals surface area contributed by atoms with Crippen molar-refractivity contribution in [2.45, 2.75) is 39.5 Å². The molecule has 104 valence electrons. The summed E-state index contributed by atoms with van der Waals surface area (Å²) in [5.74, 6) is -0.707. The van der Waals surface area contributed by atoms with Gasteiger partial charge in [-0.25, -0.2) is 0 Å². The van der Waals surface area contributed by atoms with Crippen LogP contribution in [-0.4, -0.2) is 17.0 Å². The van der Waals surface area contributed by atoms with E-state index in [9.17, 15) is 9.59 Å². The van der Waals surface area contributed by atoms with E-state index in [0.29, 0.717) is 6.42 Å². The van der Waals surface area contributed by atoms with Crippen LogP contribution < -0.4 is 5.32 Å². The summed E-state index contributed by atoms with van der Waals surface area (Å²) in [5.41, 5.74) is 1.72. The second kappa shape index (κ2) is 7.56. The van der Waals surface area contributed by atoms with Crippen molar-refractivity contribution < 1.29 is 14.7 Å². The number of benzene rings is 1. The van der Waals surface area contributed by atoms with Gasteiger partial charge in [0, 0.05) is 18.0 Å². The number of aryl methyl sites for hydroxylation is 1. The van der Waals surface area contributed by atoms with Crippen molar-refractivity contribution in [3.8, 4) is 0 Å². The molecule has 1 rings (SSSR count). The zero-order valence-electron chi connectivity index (χ0n) is 11.5. The molecule has 0 bridgehead atoms. The molecular weight excluding hydrogens is 242 g/mol. The largest absolute Gasteiger partial charge is 0.481 e. The van der Waals surface area contributed by atoms with Crippen LogP contribution in [0, 0.1) is 5.92 Å². The zero-order valence-corrected chi connectivity index (χ0v) is 11.5. The second-order valence-corrected chi connectivity index (χ2v) is 4.59. The molecule has 0 aliphatic carbocycles. The summed E-state index contributed by atoms with van der Waals surface area (Å²) >= 11 is 0. The summed E-state index contributed by atoms with van der Waals surface area (Å²) in [6, 6.07) is 7.34. The van der Waals surface area contributed by atoms with Gasteiger partial charge in [0.1, 0.15) is 0 Å². The summed E-state index contributed by atoms with van der Waals surface area (Å²) < 4.78 is 0. The molecule has 4 nitrogen and oxygen atoms in total. The van der Waals surface area contributed by atoms with Gasteiger partial charge >= 0.3 is 5.97 Å². The summed E-state index contributed by atoms with van der Waals surface area (Å²) in [4.78, 5) is 22.4. The molecule has 0 heterocycles. The van der Waals surface area contributed by atoms with Crippen molar-refractivity contribution in [1.82, 2.24) is 0 Å². The number of nitrogens with one attached hydrogen (secondary N) is 1. The molecule has 1 aromatic rings. The van der Waals surface area contributed by atoms with Gasteiger partial charge in [0.15, 0.2) is 0 Å². The number of carbonyl (C=O) groups excluding carboxylic acids is 1. The minimum atomic E-state index is -0.800. The predicted molar refractivity (Wildman–Crippen MR) is 75.1 cm³/mol. The van der Waals surface area contributed by atoms with Crippen LogP contribution >= 0.6 is 0 Å². The average molecular weight is 263 g/mol. The fourth-order valence-corrected chi connectivity index (χ4v) is 1.91. The van der Waals surface area contributed by atoms with Gasteiger partial charge in [-0.15, -0.1) is 0 Å². The van der Waals surface area contributed by atoms with Gasteiger partial charge in [-0.05, 0) is 37.0 Å². The Kier molecular flexibility index (Phi) is 6.06. The minimum absolute atomic E-state index is 0.0447. The minimum Gasteiger partial charge on any atom is -0.481 e. The molecule has 1 amide bonds. The highest BCUT2D eigenvalue weighted by Gasteiger charge is 2.13. The number of aliphatic carboxylic acids is 1. The van der Waals surface area contributed by atoms with E-state index in [-0.39, 0.29) is 18.2 Å². The normalized spacial score (nSPS) is 10.5. The lowest BCUT2D eigenvalue weighted by Gasteiger charge is -2.13. The van der Waals surface area contributed by atoms with Crippen LogP contribution in [0.4, 0.5) is 5.69 Å². The number of carbonyl (C=O) groups is 2. The van der Waals surface area contributed by atoms with Gasteiger partial charge in [-0.2, -0.15) is 0 Å². The molecule has 0 aliphatic rings. The molecule has 0 radical (unpaired) electrons. The predicted octanol–water partition coefficient (Wildman–Crippen LogP) is 3.08. The molecule has 2 N–H and O–H groups in total. The third-order valence-corrected chi connectivity index (χ3v) is 3.21. The van der Waals surface area contributed by atoms with Crippen molar-refractivity contribution in [3.05, 3.63) is 29.8 Å². The first-order chi connectivity index (χ1) is 9.06. The molecule has 0 atom stereocenters. The number of carboxylic acid groups (broad SMARTS) is 1. The number of carboxylic acids is 1. The summed E-state index contributed by atoms with van der Waals surface area (Å²) in [5, 5.41) is 11.5. The van der Waals surface area contributed by atoms with Gasteiger partial charge in [-0.1, -0.05) is 26.0 Å². The number of hydrogen-bond donors (Lipinski definition) is 2. The first-order valence-electron chi connectivity index (χ1n) is 6.68. The molecule has 1 aromatic carbocycles. The maximum atomic E-state index is 11.9. The van der Waals surface area contributed by atoms with E-state index in [1.54, 1.807) is 0 Å². The number of hydrogen-bond acceptors (Lipinski definition) is 2. The van der Waals surface area contributed by atoms with E-state index in [1.165, 1.54) is 0 Å². The summed E-state index contributed by atoms with van der Waals surface area (Å²) in [6.45, 7) is 4.01. The van der Waals surface area contributed by atoms with Crippen LogP contribution in [0.25, 0.3) is 0 Å². The molecule has 0 aromatic heterocycles. The van der Waals surface area contributed by atoms with E-state index in [4.69, 9.17) is 5.11 Å². The lowest BCUT2D eigenvalue weighted by molar-refractivity contribution is -0.137. The molecule has 0 saturated heterocycles. The first kappa shape index (κ1) is 15.2. The van der Waals surface area contributed by atoms with Crippen LogP contribution in [0.15, 0.2) is 24.3 Å². The smallest absolute Gasteiger partial charge is 0.303 e. The lowest BCUT2D eigenvalue weighted by Crippen LogP contribution is -2.21. The maximum absolute atomic E-state index is 11.9. The fourth-order valence-electron chi connectivity index (χ4n) is 1.91. The Hall–Kier alpha value is -1.84. The fraction of sp³-hybridized carbons (Fsp3) is 0.467. The van der Waals surface area contributed by atoms with Gasteiger partial charge in [-0.3, -0.25) is 9.59 Å². The first-order valence-corrected chi connectivity index (χ1v) is 6.68. The molecule has 0 fully saturated rings. The highest BCUT2D eigenvalue weighted by Crippen LogP contribution is 2.15. The molecule has 4 heteroatoms. The number of anilines is 1. The monoisotopic (exact) mass is 263 g/mol. The molecule has 0 aliphatic heterocycles. The van der Waals surface area contributed by atoms with Gasteiger partial charge in [0.25, 0.3) is 0 Å². The van der Waals surface area contributed by atoms with E-state index in [0.717, 1.165) is 24.1 Å². The van der Waals surface area contributed by atoms with Crippen molar-refractivity contribution in [2.24, 2.45) is 5.92 Å². The van der Waals surface area contributed by atoms with Crippen molar-refractivity contribution in [1.29, 1.82) is 0 Å². The standard InChI is InChI=1S/C15H21NO3/c1-3-12(4-2)15(19)16-13-8-5-11(6-9-13)7-10-14(17)18/h5-6,8-9,12H,3-4,7,10H2,1-2H3,(H,16,19)(H,17,18). The molecule has 0 saturated carbocycles. The lowest BCUT2D eigenvalue weighted by atomic mass is 10.0. The highest BCUT2D eigenvalue weighted by atomic mass is 16.4. The third kappa shape index (κ3) is 5.12. The second-order valence-electron chi connectivity index (χ2n) is 4.59.